The fraction of sp³-hybridized carbons (Fsp3) is 0.545. The molecule has 0 saturated heterocycles. The van der Waals surface area contributed by atoms with Crippen molar-refractivity contribution in [2.45, 2.75) is 25.3 Å². The first-order valence-electron chi connectivity index (χ1n) is 5.64. The molecule has 1 unspecified atom stereocenters. The van der Waals surface area contributed by atoms with Gasteiger partial charge in [0, 0.05) is 12.6 Å². The van der Waals surface area contributed by atoms with Crippen molar-refractivity contribution < 1.29 is 4.92 Å². The zero-order valence-electron chi connectivity index (χ0n) is 9.72. The molecule has 1 aromatic heterocycles. The van der Waals surface area contributed by atoms with Crippen LogP contribution in [0.2, 0.25) is 0 Å². The molecule has 2 rings (SSSR count). The Morgan fingerprint density at radius 3 is 2.76 bits per heavy atom. The van der Waals surface area contributed by atoms with E-state index in [1.165, 1.54) is 25.1 Å². The van der Waals surface area contributed by atoms with E-state index < -0.39 is 4.92 Å². The summed E-state index contributed by atoms with van der Waals surface area (Å²) in [6.45, 7) is 2.59. The van der Waals surface area contributed by atoms with Gasteiger partial charge in [0.05, 0.1) is 10.5 Å². The summed E-state index contributed by atoms with van der Waals surface area (Å²) in [6.07, 6.45) is 3.60. The maximum atomic E-state index is 10.5. The molecule has 1 aromatic rings. The molecule has 1 saturated carbocycles. The molecule has 6 nitrogen and oxygen atoms in total. The van der Waals surface area contributed by atoms with Gasteiger partial charge in [0.1, 0.15) is 12.0 Å². The molecule has 1 fully saturated rings. The summed E-state index contributed by atoms with van der Waals surface area (Å²) in [5, 5.41) is 13.8. The normalized spacial score (nSPS) is 18.5. The van der Waals surface area contributed by atoms with Crippen LogP contribution in [0.3, 0.4) is 0 Å². The summed E-state index contributed by atoms with van der Waals surface area (Å²) < 4.78 is 0. The van der Waals surface area contributed by atoms with Gasteiger partial charge in [0.2, 0.25) is 0 Å². The monoisotopic (exact) mass is 236 g/mol. The van der Waals surface area contributed by atoms with E-state index in [-0.39, 0.29) is 11.2 Å². The number of aromatic nitrogens is 1. The number of hydrogen-bond acceptors (Lipinski definition) is 5. The molecule has 0 aromatic carbocycles. The Bertz CT molecular complexity index is 416. The second-order valence-electron chi connectivity index (χ2n) is 4.68. The van der Waals surface area contributed by atoms with Gasteiger partial charge in [-0.05, 0) is 31.7 Å². The Balaban J connectivity index is 2.10. The highest BCUT2D eigenvalue weighted by atomic mass is 16.6. The van der Waals surface area contributed by atoms with Crippen molar-refractivity contribution in [1.29, 1.82) is 0 Å². The predicted octanol–water partition coefficient (Wildman–Crippen LogP) is 1.53. The molecule has 1 aliphatic carbocycles. The highest BCUT2D eigenvalue weighted by Gasteiger charge is 2.40. The Hall–Kier alpha value is -1.69. The lowest BCUT2D eigenvalue weighted by Gasteiger charge is -2.30. The van der Waals surface area contributed by atoms with Gasteiger partial charge >= 0.3 is 0 Å². The predicted molar refractivity (Wildman–Crippen MR) is 64.7 cm³/mol. The first-order chi connectivity index (χ1) is 8.05. The second kappa shape index (κ2) is 4.29. The summed E-state index contributed by atoms with van der Waals surface area (Å²) in [5.41, 5.74) is 5.61. The van der Waals surface area contributed by atoms with Crippen molar-refractivity contribution in [3.05, 3.63) is 28.4 Å². The number of nitrogens with one attached hydrogen (secondary N) is 1. The minimum Gasteiger partial charge on any atom is -0.363 e. The zero-order chi connectivity index (χ0) is 12.5. The van der Waals surface area contributed by atoms with E-state index in [1.54, 1.807) is 6.07 Å². The quantitative estimate of drug-likeness (QED) is 0.597. The van der Waals surface area contributed by atoms with Crippen molar-refractivity contribution in [2.24, 2.45) is 11.7 Å². The van der Waals surface area contributed by atoms with Gasteiger partial charge < -0.3 is 11.1 Å². The lowest BCUT2D eigenvalue weighted by atomic mass is 9.96. The average Bonchev–Trinajstić information content (AvgIpc) is 3.13. The lowest BCUT2D eigenvalue weighted by Crippen LogP contribution is -2.44. The number of nitrogens with two attached hydrogens (primary N) is 1. The van der Waals surface area contributed by atoms with Crippen LogP contribution in [0.15, 0.2) is 18.3 Å². The summed E-state index contributed by atoms with van der Waals surface area (Å²) in [5.74, 6) is 1.21. The first kappa shape index (κ1) is 11.8. The van der Waals surface area contributed by atoms with Gasteiger partial charge in [-0.3, -0.25) is 10.1 Å². The summed E-state index contributed by atoms with van der Waals surface area (Å²) in [4.78, 5) is 14.1. The molecule has 6 heteroatoms. The van der Waals surface area contributed by atoms with Crippen LogP contribution in [-0.2, 0) is 0 Å². The summed E-state index contributed by atoms with van der Waals surface area (Å²) >= 11 is 0. The molecular weight excluding hydrogens is 220 g/mol. The molecule has 0 radical (unpaired) electrons. The highest BCUT2D eigenvalue weighted by Crippen LogP contribution is 2.40. The summed E-state index contributed by atoms with van der Waals surface area (Å²) in [7, 11) is 0. The standard InChI is InChI=1S/C11H16N4O2/c1-11(7-12,8-2-3-8)14-10-5-4-9(6-13-10)15(16)17/h4-6,8H,2-3,7,12H2,1H3,(H,13,14). The first-order valence-corrected chi connectivity index (χ1v) is 5.64. The van der Waals surface area contributed by atoms with E-state index >= 15 is 0 Å². The van der Waals surface area contributed by atoms with E-state index in [9.17, 15) is 10.1 Å². The number of pyridine rings is 1. The minimum absolute atomic E-state index is 0.00331. The van der Waals surface area contributed by atoms with Crippen LogP contribution in [0, 0.1) is 16.0 Å². The van der Waals surface area contributed by atoms with Crippen LogP contribution in [0.1, 0.15) is 19.8 Å². The minimum atomic E-state index is -0.459. The molecular formula is C11H16N4O2. The molecule has 0 aliphatic heterocycles. The van der Waals surface area contributed by atoms with Crippen LogP contribution >= 0.6 is 0 Å². The highest BCUT2D eigenvalue weighted by molar-refractivity contribution is 5.43. The fourth-order valence-corrected chi connectivity index (χ4v) is 1.90. The van der Waals surface area contributed by atoms with Gasteiger partial charge in [-0.15, -0.1) is 0 Å². The molecule has 0 spiro atoms. The topological polar surface area (TPSA) is 94.1 Å². The second-order valence-corrected chi connectivity index (χ2v) is 4.68. The third kappa shape index (κ3) is 2.52. The van der Waals surface area contributed by atoms with Crippen LogP contribution in [-0.4, -0.2) is 22.0 Å². The van der Waals surface area contributed by atoms with Gasteiger partial charge in [-0.25, -0.2) is 4.98 Å². The van der Waals surface area contributed by atoms with Gasteiger partial charge in [0.15, 0.2) is 0 Å². The number of hydrogen-bond donors (Lipinski definition) is 2. The zero-order valence-corrected chi connectivity index (χ0v) is 9.72. The molecule has 0 bridgehead atoms. The maximum absolute atomic E-state index is 10.5. The van der Waals surface area contributed by atoms with Crippen molar-refractivity contribution in [1.82, 2.24) is 4.98 Å². The Morgan fingerprint density at radius 1 is 1.65 bits per heavy atom. The van der Waals surface area contributed by atoms with E-state index in [0.29, 0.717) is 18.3 Å². The number of anilines is 1. The largest absolute Gasteiger partial charge is 0.363 e. The van der Waals surface area contributed by atoms with Crippen molar-refractivity contribution >= 4 is 11.5 Å². The number of nitro groups is 1. The van der Waals surface area contributed by atoms with Gasteiger partial charge in [-0.2, -0.15) is 0 Å². The van der Waals surface area contributed by atoms with Crippen LogP contribution in [0.5, 0.6) is 0 Å². The van der Waals surface area contributed by atoms with Crippen molar-refractivity contribution in [2.75, 3.05) is 11.9 Å². The number of nitrogens with zero attached hydrogens (tertiary/aromatic N) is 2. The van der Waals surface area contributed by atoms with E-state index in [0.717, 1.165) is 0 Å². The molecule has 17 heavy (non-hydrogen) atoms. The van der Waals surface area contributed by atoms with Crippen molar-refractivity contribution in [3.63, 3.8) is 0 Å². The van der Waals surface area contributed by atoms with Crippen LogP contribution in [0.25, 0.3) is 0 Å². The van der Waals surface area contributed by atoms with Crippen molar-refractivity contribution in [3.8, 4) is 0 Å². The molecule has 92 valence electrons. The molecule has 0 amide bonds. The molecule has 1 heterocycles. The molecule has 3 N–H and O–H groups in total. The third-order valence-electron chi connectivity index (χ3n) is 3.27. The van der Waals surface area contributed by atoms with Gasteiger partial charge in [-0.1, -0.05) is 0 Å². The lowest BCUT2D eigenvalue weighted by molar-refractivity contribution is -0.385. The SMILES string of the molecule is CC(CN)(Nc1ccc([N+](=O)[O-])cn1)C1CC1. The van der Waals surface area contributed by atoms with Gasteiger partial charge in [0.25, 0.3) is 5.69 Å². The Kier molecular flexibility index (Phi) is 2.97. The van der Waals surface area contributed by atoms with E-state index in [4.69, 9.17) is 5.73 Å². The summed E-state index contributed by atoms with van der Waals surface area (Å²) in [6, 6.07) is 3.06. The Morgan fingerprint density at radius 2 is 2.35 bits per heavy atom. The molecule has 1 aliphatic rings. The smallest absolute Gasteiger partial charge is 0.287 e. The maximum Gasteiger partial charge on any atom is 0.287 e. The molecule has 1 atom stereocenters. The van der Waals surface area contributed by atoms with Crippen LogP contribution < -0.4 is 11.1 Å². The third-order valence-corrected chi connectivity index (χ3v) is 3.27. The number of rotatable bonds is 5. The Labute approximate surface area is 99.4 Å². The van der Waals surface area contributed by atoms with Crippen LogP contribution in [0.4, 0.5) is 11.5 Å². The fourth-order valence-electron chi connectivity index (χ4n) is 1.90. The van der Waals surface area contributed by atoms with E-state index in [1.807, 2.05) is 0 Å². The average molecular weight is 236 g/mol. The van der Waals surface area contributed by atoms with E-state index in [2.05, 4.69) is 17.2 Å².